The Morgan fingerprint density at radius 1 is 1.29 bits per heavy atom. The first kappa shape index (κ1) is 16.1. The summed E-state index contributed by atoms with van der Waals surface area (Å²) in [5.41, 5.74) is -0.477. The van der Waals surface area contributed by atoms with E-state index in [0.29, 0.717) is 18.5 Å². The third-order valence-electron chi connectivity index (χ3n) is 3.80. The molecular formula is C15H26N2O4. The van der Waals surface area contributed by atoms with Crippen LogP contribution in [0.15, 0.2) is 0 Å². The topological polar surface area (TPSA) is 70.1 Å². The molecule has 0 aromatic heterocycles. The minimum Gasteiger partial charge on any atom is -0.480 e. The molecule has 1 aliphatic carbocycles. The Balaban J connectivity index is 1.86. The number of amides is 1. The van der Waals surface area contributed by atoms with Gasteiger partial charge in [0.05, 0.1) is 6.54 Å². The molecule has 1 amide bonds. The van der Waals surface area contributed by atoms with Gasteiger partial charge in [-0.2, -0.15) is 0 Å². The van der Waals surface area contributed by atoms with Crippen molar-refractivity contribution in [1.82, 2.24) is 9.80 Å². The first-order chi connectivity index (χ1) is 9.74. The van der Waals surface area contributed by atoms with Gasteiger partial charge in [-0.15, -0.1) is 0 Å². The average molecular weight is 298 g/mol. The molecule has 0 unspecified atom stereocenters. The van der Waals surface area contributed by atoms with Crippen LogP contribution in [0.2, 0.25) is 0 Å². The highest BCUT2D eigenvalue weighted by atomic mass is 16.6. The van der Waals surface area contributed by atoms with Crippen molar-refractivity contribution in [3.8, 4) is 0 Å². The molecule has 2 rings (SSSR count). The molecule has 1 atom stereocenters. The monoisotopic (exact) mass is 298 g/mol. The number of likely N-dealkylation sites (tertiary alicyclic amines) is 1. The zero-order valence-electron chi connectivity index (χ0n) is 13.2. The Bertz CT molecular complexity index is 401. The lowest BCUT2D eigenvalue weighted by Crippen LogP contribution is -2.41. The molecule has 1 saturated carbocycles. The van der Waals surface area contributed by atoms with E-state index < -0.39 is 11.6 Å². The van der Waals surface area contributed by atoms with Crippen molar-refractivity contribution < 1.29 is 19.4 Å². The van der Waals surface area contributed by atoms with Crippen LogP contribution in [0.5, 0.6) is 0 Å². The maximum Gasteiger partial charge on any atom is 0.410 e. The predicted molar refractivity (Wildman–Crippen MR) is 78.1 cm³/mol. The maximum absolute atomic E-state index is 12.3. The number of nitrogens with zero attached hydrogens (tertiary/aromatic N) is 2. The fraction of sp³-hybridized carbons (Fsp3) is 0.867. The van der Waals surface area contributed by atoms with Gasteiger partial charge in [0.25, 0.3) is 0 Å². The molecule has 6 heteroatoms. The molecule has 1 heterocycles. The summed E-state index contributed by atoms with van der Waals surface area (Å²) in [5.74, 6) is -0.445. The fourth-order valence-electron chi connectivity index (χ4n) is 2.75. The molecule has 21 heavy (non-hydrogen) atoms. The summed E-state index contributed by atoms with van der Waals surface area (Å²) in [7, 11) is 0. The number of rotatable bonds is 5. The van der Waals surface area contributed by atoms with Crippen molar-refractivity contribution in [2.45, 2.75) is 51.7 Å². The van der Waals surface area contributed by atoms with Crippen LogP contribution >= 0.6 is 0 Å². The van der Waals surface area contributed by atoms with Crippen molar-refractivity contribution >= 4 is 12.1 Å². The summed E-state index contributed by atoms with van der Waals surface area (Å²) >= 11 is 0. The van der Waals surface area contributed by atoms with Gasteiger partial charge in [0.15, 0.2) is 0 Å². The first-order valence-corrected chi connectivity index (χ1v) is 7.68. The molecule has 0 aromatic rings. The molecule has 0 aromatic carbocycles. The zero-order chi connectivity index (χ0) is 15.6. The maximum atomic E-state index is 12.3. The number of hydrogen-bond acceptors (Lipinski definition) is 4. The van der Waals surface area contributed by atoms with Crippen molar-refractivity contribution in [3.63, 3.8) is 0 Å². The zero-order valence-corrected chi connectivity index (χ0v) is 13.2. The lowest BCUT2D eigenvalue weighted by molar-refractivity contribution is -0.138. The van der Waals surface area contributed by atoms with Crippen molar-refractivity contribution in [2.75, 3.05) is 26.2 Å². The summed E-state index contributed by atoms with van der Waals surface area (Å²) < 4.78 is 5.48. The summed E-state index contributed by atoms with van der Waals surface area (Å²) in [5, 5.41) is 8.83. The molecule has 6 nitrogen and oxygen atoms in total. The van der Waals surface area contributed by atoms with Crippen LogP contribution in [0.3, 0.4) is 0 Å². The van der Waals surface area contributed by atoms with Crippen LogP contribution < -0.4 is 0 Å². The van der Waals surface area contributed by atoms with Crippen LogP contribution in [0, 0.1) is 5.92 Å². The SMILES string of the molecule is CC(C)(C)OC(=O)N(C[C@H]1CCN(CC(=O)O)C1)C1CC1. The van der Waals surface area contributed by atoms with Gasteiger partial charge in [-0.25, -0.2) is 4.79 Å². The molecule has 0 radical (unpaired) electrons. The van der Waals surface area contributed by atoms with E-state index in [9.17, 15) is 9.59 Å². The minimum atomic E-state index is -0.790. The third-order valence-corrected chi connectivity index (χ3v) is 3.80. The Morgan fingerprint density at radius 2 is 1.95 bits per heavy atom. The Hall–Kier alpha value is -1.30. The lowest BCUT2D eigenvalue weighted by Gasteiger charge is -2.29. The second-order valence-electron chi connectivity index (χ2n) is 7.15. The summed E-state index contributed by atoms with van der Waals surface area (Å²) in [6.45, 7) is 7.94. The van der Waals surface area contributed by atoms with Crippen molar-refractivity contribution in [2.24, 2.45) is 5.92 Å². The van der Waals surface area contributed by atoms with E-state index in [1.54, 1.807) is 0 Å². The van der Waals surface area contributed by atoms with Gasteiger partial charge in [-0.3, -0.25) is 9.69 Å². The molecule has 0 bridgehead atoms. The summed E-state index contributed by atoms with van der Waals surface area (Å²) in [4.78, 5) is 26.8. The Kier molecular flexibility index (Phi) is 4.76. The van der Waals surface area contributed by atoms with Crippen molar-refractivity contribution in [1.29, 1.82) is 0 Å². The van der Waals surface area contributed by atoms with Gasteiger partial charge in [0.2, 0.25) is 0 Å². The number of carboxylic acid groups (broad SMARTS) is 1. The number of hydrogen-bond donors (Lipinski definition) is 1. The smallest absolute Gasteiger partial charge is 0.410 e. The third kappa shape index (κ3) is 5.19. The van der Waals surface area contributed by atoms with E-state index in [0.717, 1.165) is 32.4 Å². The summed E-state index contributed by atoms with van der Waals surface area (Å²) in [6, 6.07) is 0.313. The number of ether oxygens (including phenoxy) is 1. The van der Waals surface area contributed by atoms with E-state index in [2.05, 4.69) is 0 Å². The fourth-order valence-corrected chi connectivity index (χ4v) is 2.75. The highest BCUT2D eigenvalue weighted by molar-refractivity contribution is 5.69. The molecule has 2 aliphatic rings. The molecular weight excluding hydrogens is 272 g/mol. The van der Waals surface area contributed by atoms with E-state index in [1.807, 2.05) is 30.6 Å². The van der Waals surface area contributed by atoms with Crippen LogP contribution in [-0.4, -0.2) is 64.8 Å². The molecule has 1 saturated heterocycles. The highest BCUT2D eigenvalue weighted by Gasteiger charge is 2.37. The average Bonchev–Trinajstić information content (AvgIpc) is 3.05. The van der Waals surface area contributed by atoms with Gasteiger partial charge in [-0.1, -0.05) is 0 Å². The van der Waals surface area contributed by atoms with E-state index >= 15 is 0 Å². The number of carboxylic acids is 1. The molecule has 120 valence electrons. The van der Waals surface area contributed by atoms with Gasteiger partial charge in [0, 0.05) is 19.1 Å². The molecule has 1 aliphatic heterocycles. The lowest BCUT2D eigenvalue weighted by atomic mass is 10.1. The highest BCUT2D eigenvalue weighted by Crippen LogP contribution is 2.30. The van der Waals surface area contributed by atoms with Crippen LogP contribution in [0.25, 0.3) is 0 Å². The largest absolute Gasteiger partial charge is 0.480 e. The van der Waals surface area contributed by atoms with Gasteiger partial charge < -0.3 is 14.7 Å². The second-order valence-corrected chi connectivity index (χ2v) is 7.15. The summed E-state index contributed by atoms with van der Waals surface area (Å²) in [6.07, 6.45) is 2.80. The van der Waals surface area contributed by atoms with E-state index in [-0.39, 0.29) is 12.6 Å². The Labute approximate surface area is 126 Å². The van der Waals surface area contributed by atoms with Crippen LogP contribution in [0.4, 0.5) is 4.79 Å². The van der Waals surface area contributed by atoms with Crippen LogP contribution in [-0.2, 0) is 9.53 Å². The quantitative estimate of drug-likeness (QED) is 0.838. The Morgan fingerprint density at radius 3 is 2.48 bits per heavy atom. The molecule has 1 N–H and O–H groups in total. The number of carbonyl (C=O) groups is 2. The van der Waals surface area contributed by atoms with E-state index in [1.165, 1.54) is 0 Å². The standard InChI is InChI=1S/C15H26N2O4/c1-15(2,3)21-14(20)17(12-4-5-12)9-11-6-7-16(8-11)10-13(18)19/h11-12H,4-10H2,1-3H3,(H,18,19)/t11-/m0/s1. The normalized spacial score (nSPS) is 23.1. The molecule has 0 spiro atoms. The van der Waals surface area contributed by atoms with Gasteiger partial charge >= 0.3 is 12.1 Å². The minimum absolute atomic E-state index is 0.0896. The number of aliphatic carboxylic acids is 1. The predicted octanol–water partition coefficient (Wildman–Crippen LogP) is 1.79. The van der Waals surface area contributed by atoms with Crippen molar-refractivity contribution in [3.05, 3.63) is 0 Å². The van der Waals surface area contributed by atoms with Gasteiger partial charge in [-0.05, 0) is 52.5 Å². The van der Waals surface area contributed by atoms with E-state index in [4.69, 9.17) is 9.84 Å². The first-order valence-electron chi connectivity index (χ1n) is 7.68. The van der Waals surface area contributed by atoms with Gasteiger partial charge in [0.1, 0.15) is 5.60 Å². The molecule has 2 fully saturated rings. The van der Waals surface area contributed by atoms with Crippen LogP contribution in [0.1, 0.15) is 40.0 Å². The number of carbonyl (C=O) groups excluding carboxylic acids is 1. The second kappa shape index (κ2) is 6.22.